The Labute approximate surface area is 124 Å². The second-order valence-corrected chi connectivity index (χ2v) is 5.65. The molecule has 2 amide bonds. The van der Waals surface area contributed by atoms with Crippen molar-refractivity contribution < 1.29 is 9.59 Å². The van der Waals surface area contributed by atoms with Gasteiger partial charge in [-0.2, -0.15) is 0 Å². The van der Waals surface area contributed by atoms with Gasteiger partial charge in [0.2, 0.25) is 5.91 Å². The van der Waals surface area contributed by atoms with Crippen molar-refractivity contribution >= 4 is 23.6 Å². The summed E-state index contributed by atoms with van der Waals surface area (Å²) < 4.78 is 0. The zero-order chi connectivity index (χ0) is 15.1. The number of nitrogens with one attached hydrogen (secondary N) is 1. The van der Waals surface area contributed by atoms with E-state index in [0.717, 1.165) is 4.90 Å². The van der Waals surface area contributed by atoms with Gasteiger partial charge in [0.15, 0.2) is 0 Å². The van der Waals surface area contributed by atoms with Gasteiger partial charge in [0, 0.05) is 23.0 Å². The summed E-state index contributed by atoms with van der Waals surface area (Å²) in [5.74, 6) is -0.241. The van der Waals surface area contributed by atoms with Gasteiger partial charge in [0.25, 0.3) is 5.91 Å². The third-order valence-electron chi connectivity index (χ3n) is 2.79. The minimum absolute atomic E-state index is 0.0807. The van der Waals surface area contributed by atoms with Crippen LogP contribution in [0.1, 0.15) is 31.1 Å². The Morgan fingerprint density at radius 1 is 1.25 bits per heavy atom. The quantitative estimate of drug-likeness (QED) is 0.820. The maximum absolute atomic E-state index is 12.3. The van der Waals surface area contributed by atoms with E-state index in [-0.39, 0.29) is 24.4 Å². The standard InChI is InChI=1S/C15H22N2O2S/c1-5-17(10-14(18)16-11(2)3)15(19)12-6-8-13(20-4)9-7-12/h6-9,11H,5,10H2,1-4H3,(H,16,18). The number of nitrogens with zero attached hydrogens (tertiary/aromatic N) is 1. The predicted octanol–water partition coefficient (Wildman–Crippen LogP) is 2.40. The van der Waals surface area contributed by atoms with Gasteiger partial charge in [-0.15, -0.1) is 11.8 Å². The van der Waals surface area contributed by atoms with Gasteiger partial charge >= 0.3 is 0 Å². The van der Waals surface area contributed by atoms with Crippen LogP contribution >= 0.6 is 11.8 Å². The molecule has 0 unspecified atom stereocenters. The molecule has 1 aromatic carbocycles. The lowest BCUT2D eigenvalue weighted by Gasteiger charge is -2.21. The third kappa shape index (κ3) is 4.89. The van der Waals surface area contributed by atoms with Crippen LogP contribution in [0.5, 0.6) is 0 Å². The van der Waals surface area contributed by atoms with Crippen LogP contribution in [0.25, 0.3) is 0 Å². The van der Waals surface area contributed by atoms with Crippen LogP contribution in [-0.2, 0) is 4.79 Å². The van der Waals surface area contributed by atoms with E-state index in [1.54, 1.807) is 28.8 Å². The monoisotopic (exact) mass is 294 g/mol. The second-order valence-electron chi connectivity index (χ2n) is 4.77. The van der Waals surface area contributed by atoms with Crippen molar-refractivity contribution in [2.45, 2.75) is 31.7 Å². The molecule has 0 fully saturated rings. The summed E-state index contributed by atoms with van der Waals surface area (Å²) in [4.78, 5) is 26.7. The molecule has 0 atom stereocenters. The van der Waals surface area contributed by atoms with Crippen molar-refractivity contribution in [3.8, 4) is 0 Å². The summed E-state index contributed by atoms with van der Waals surface area (Å²) >= 11 is 1.63. The minimum atomic E-state index is -0.129. The lowest BCUT2D eigenvalue weighted by atomic mass is 10.2. The molecule has 0 saturated heterocycles. The van der Waals surface area contributed by atoms with E-state index in [1.807, 2.05) is 39.2 Å². The molecule has 0 spiro atoms. The molecular formula is C15H22N2O2S. The molecule has 5 heteroatoms. The Hall–Kier alpha value is -1.49. The number of amides is 2. The van der Waals surface area contributed by atoms with Crippen molar-refractivity contribution in [3.05, 3.63) is 29.8 Å². The molecule has 1 aromatic rings. The first-order chi connectivity index (χ1) is 9.47. The zero-order valence-electron chi connectivity index (χ0n) is 12.5. The van der Waals surface area contributed by atoms with Crippen LogP contribution in [0, 0.1) is 0 Å². The van der Waals surface area contributed by atoms with Crippen molar-refractivity contribution in [1.82, 2.24) is 10.2 Å². The molecule has 20 heavy (non-hydrogen) atoms. The van der Waals surface area contributed by atoms with E-state index in [4.69, 9.17) is 0 Å². The largest absolute Gasteiger partial charge is 0.352 e. The predicted molar refractivity (Wildman–Crippen MR) is 83.1 cm³/mol. The fourth-order valence-electron chi connectivity index (χ4n) is 1.78. The Kier molecular flexibility index (Phi) is 6.58. The molecule has 0 radical (unpaired) electrons. The van der Waals surface area contributed by atoms with Gasteiger partial charge < -0.3 is 10.2 Å². The summed E-state index contributed by atoms with van der Waals surface area (Å²) in [6.07, 6.45) is 1.99. The van der Waals surface area contributed by atoms with Crippen LogP contribution in [0.15, 0.2) is 29.2 Å². The molecule has 0 bridgehead atoms. The van der Waals surface area contributed by atoms with Crippen LogP contribution in [0.2, 0.25) is 0 Å². The molecular weight excluding hydrogens is 272 g/mol. The highest BCUT2D eigenvalue weighted by molar-refractivity contribution is 7.98. The van der Waals surface area contributed by atoms with E-state index in [1.165, 1.54) is 0 Å². The fourth-order valence-corrected chi connectivity index (χ4v) is 2.19. The molecule has 0 aliphatic rings. The van der Waals surface area contributed by atoms with Gasteiger partial charge in [-0.1, -0.05) is 0 Å². The smallest absolute Gasteiger partial charge is 0.254 e. The Balaban J connectivity index is 2.72. The number of hydrogen-bond donors (Lipinski definition) is 1. The van der Waals surface area contributed by atoms with Crippen molar-refractivity contribution in [1.29, 1.82) is 0 Å². The molecule has 0 saturated carbocycles. The molecule has 0 aliphatic carbocycles. The first kappa shape index (κ1) is 16.6. The Bertz CT molecular complexity index is 457. The van der Waals surface area contributed by atoms with Gasteiger partial charge in [-0.3, -0.25) is 9.59 Å². The Morgan fingerprint density at radius 2 is 1.85 bits per heavy atom. The van der Waals surface area contributed by atoms with E-state index in [2.05, 4.69) is 5.32 Å². The van der Waals surface area contributed by atoms with E-state index in [0.29, 0.717) is 12.1 Å². The summed E-state index contributed by atoms with van der Waals surface area (Å²) in [7, 11) is 0. The average molecular weight is 294 g/mol. The van der Waals surface area contributed by atoms with Crippen LogP contribution in [-0.4, -0.2) is 42.1 Å². The molecule has 0 aliphatic heterocycles. The van der Waals surface area contributed by atoms with E-state index in [9.17, 15) is 9.59 Å². The fraction of sp³-hybridized carbons (Fsp3) is 0.467. The minimum Gasteiger partial charge on any atom is -0.352 e. The normalized spacial score (nSPS) is 10.4. The van der Waals surface area contributed by atoms with Gasteiger partial charge in [0.1, 0.15) is 0 Å². The molecule has 110 valence electrons. The summed E-state index contributed by atoms with van der Waals surface area (Å²) in [6, 6.07) is 7.52. The maximum Gasteiger partial charge on any atom is 0.254 e. The van der Waals surface area contributed by atoms with Gasteiger partial charge in [-0.25, -0.2) is 0 Å². The zero-order valence-corrected chi connectivity index (χ0v) is 13.3. The van der Waals surface area contributed by atoms with Crippen molar-refractivity contribution in [3.63, 3.8) is 0 Å². The number of carbonyl (C=O) groups excluding carboxylic acids is 2. The van der Waals surface area contributed by atoms with Crippen LogP contribution < -0.4 is 5.32 Å². The second kappa shape index (κ2) is 7.94. The lowest BCUT2D eigenvalue weighted by molar-refractivity contribution is -0.122. The number of likely N-dealkylation sites (N-methyl/N-ethyl adjacent to an activating group) is 1. The average Bonchev–Trinajstić information content (AvgIpc) is 2.43. The number of hydrogen-bond acceptors (Lipinski definition) is 3. The van der Waals surface area contributed by atoms with Crippen molar-refractivity contribution in [2.75, 3.05) is 19.3 Å². The maximum atomic E-state index is 12.3. The number of rotatable bonds is 6. The van der Waals surface area contributed by atoms with Gasteiger partial charge in [0.05, 0.1) is 6.54 Å². The van der Waals surface area contributed by atoms with Crippen LogP contribution in [0.4, 0.5) is 0 Å². The number of thioether (sulfide) groups is 1. The first-order valence-electron chi connectivity index (χ1n) is 6.70. The third-order valence-corrected chi connectivity index (χ3v) is 3.53. The molecule has 4 nitrogen and oxygen atoms in total. The highest BCUT2D eigenvalue weighted by Gasteiger charge is 2.17. The molecule has 0 heterocycles. The number of benzene rings is 1. The summed E-state index contributed by atoms with van der Waals surface area (Å²) in [6.45, 7) is 6.28. The van der Waals surface area contributed by atoms with E-state index < -0.39 is 0 Å². The summed E-state index contributed by atoms with van der Waals surface area (Å²) in [5, 5.41) is 2.80. The Morgan fingerprint density at radius 3 is 2.30 bits per heavy atom. The topological polar surface area (TPSA) is 49.4 Å². The molecule has 1 N–H and O–H groups in total. The highest BCUT2D eigenvalue weighted by atomic mass is 32.2. The molecule has 1 rings (SSSR count). The SMILES string of the molecule is CCN(CC(=O)NC(C)C)C(=O)c1ccc(SC)cc1. The lowest BCUT2D eigenvalue weighted by Crippen LogP contribution is -2.42. The number of carbonyl (C=O) groups is 2. The van der Waals surface area contributed by atoms with Gasteiger partial charge in [-0.05, 0) is 51.3 Å². The first-order valence-corrected chi connectivity index (χ1v) is 7.93. The highest BCUT2D eigenvalue weighted by Crippen LogP contribution is 2.15. The molecule has 0 aromatic heterocycles. The van der Waals surface area contributed by atoms with E-state index >= 15 is 0 Å². The summed E-state index contributed by atoms with van der Waals surface area (Å²) in [5.41, 5.74) is 0.613. The van der Waals surface area contributed by atoms with Crippen LogP contribution in [0.3, 0.4) is 0 Å². The van der Waals surface area contributed by atoms with Crippen molar-refractivity contribution in [2.24, 2.45) is 0 Å².